The first-order chi connectivity index (χ1) is 9.51. The van der Waals surface area contributed by atoms with E-state index in [0.717, 1.165) is 13.8 Å². The molecule has 0 atom stereocenters. The maximum Gasteiger partial charge on any atom is 0.255 e. The molecule has 0 aromatic heterocycles. The second-order valence-electron chi connectivity index (χ2n) is 3.97. The van der Waals surface area contributed by atoms with Crippen LogP contribution in [0.5, 0.6) is 5.75 Å². The average Bonchev–Trinajstić information content (AvgIpc) is 2.41. The fourth-order valence-corrected chi connectivity index (χ4v) is 3.10. The largest absolute Gasteiger partial charge is 0.495 e. The van der Waals surface area contributed by atoms with E-state index in [-0.39, 0.29) is 5.91 Å². The number of halogens is 2. The molecule has 3 nitrogen and oxygen atoms in total. The number of carbonyl (C=O) groups excluding carboxylic acids is 1. The number of nitrogens with one attached hydrogen (secondary N) is 1. The smallest absolute Gasteiger partial charge is 0.255 e. The normalized spacial score (nSPS) is 10.2. The van der Waals surface area contributed by atoms with Crippen molar-refractivity contribution in [2.75, 3.05) is 12.4 Å². The van der Waals surface area contributed by atoms with E-state index in [1.54, 1.807) is 31.4 Å². The van der Waals surface area contributed by atoms with Crippen LogP contribution < -0.4 is 10.1 Å². The Labute approximate surface area is 139 Å². The van der Waals surface area contributed by atoms with E-state index in [4.69, 9.17) is 4.74 Å². The van der Waals surface area contributed by atoms with Crippen LogP contribution in [0.4, 0.5) is 5.69 Å². The molecule has 0 aliphatic rings. The molecule has 0 spiro atoms. The lowest BCUT2D eigenvalue weighted by Gasteiger charge is -2.11. The number of ether oxygens (including phenoxy) is 1. The van der Waals surface area contributed by atoms with Gasteiger partial charge in [0.2, 0.25) is 0 Å². The SMILES string of the molecule is COc1cc(NC(=O)c2cccc(S)c2)c(Br)cc1Br. The molecule has 0 saturated carbocycles. The molecule has 0 heterocycles. The van der Waals surface area contributed by atoms with Gasteiger partial charge >= 0.3 is 0 Å². The summed E-state index contributed by atoms with van der Waals surface area (Å²) in [5.41, 5.74) is 1.19. The van der Waals surface area contributed by atoms with E-state index in [0.29, 0.717) is 17.0 Å². The highest BCUT2D eigenvalue weighted by Gasteiger charge is 2.11. The van der Waals surface area contributed by atoms with Gasteiger partial charge in [-0.15, -0.1) is 12.6 Å². The van der Waals surface area contributed by atoms with E-state index in [2.05, 4.69) is 49.8 Å². The Morgan fingerprint density at radius 2 is 1.95 bits per heavy atom. The molecule has 6 heteroatoms. The van der Waals surface area contributed by atoms with Gasteiger partial charge in [-0.05, 0) is 56.1 Å². The minimum Gasteiger partial charge on any atom is -0.495 e. The zero-order valence-electron chi connectivity index (χ0n) is 10.5. The third-order valence-electron chi connectivity index (χ3n) is 2.60. The first-order valence-corrected chi connectivity index (χ1v) is 7.68. The highest BCUT2D eigenvalue weighted by atomic mass is 79.9. The van der Waals surface area contributed by atoms with Crippen LogP contribution in [0.1, 0.15) is 10.4 Å². The van der Waals surface area contributed by atoms with Crippen molar-refractivity contribution in [1.29, 1.82) is 0 Å². The molecule has 20 heavy (non-hydrogen) atoms. The summed E-state index contributed by atoms with van der Waals surface area (Å²) in [5, 5.41) is 2.84. The zero-order chi connectivity index (χ0) is 14.7. The summed E-state index contributed by atoms with van der Waals surface area (Å²) < 4.78 is 6.79. The quantitative estimate of drug-likeness (QED) is 0.707. The van der Waals surface area contributed by atoms with Crippen molar-refractivity contribution in [3.63, 3.8) is 0 Å². The van der Waals surface area contributed by atoms with Crippen LogP contribution in [0.2, 0.25) is 0 Å². The van der Waals surface area contributed by atoms with E-state index in [1.165, 1.54) is 0 Å². The molecule has 0 aliphatic heterocycles. The van der Waals surface area contributed by atoms with Gasteiger partial charge in [0.15, 0.2) is 0 Å². The van der Waals surface area contributed by atoms with Gasteiger partial charge in [0.25, 0.3) is 5.91 Å². The summed E-state index contributed by atoms with van der Waals surface area (Å²) >= 11 is 11.0. The number of benzene rings is 2. The fourth-order valence-electron chi connectivity index (χ4n) is 1.62. The number of anilines is 1. The van der Waals surface area contributed by atoms with Crippen LogP contribution in [0.25, 0.3) is 0 Å². The van der Waals surface area contributed by atoms with Crippen molar-refractivity contribution in [2.24, 2.45) is 0 Å². The maximum atomic E-state index is 12.2. The van der Waals surface area contributed by atoms with Gasteiger partial charge in [0.1, 0.15) is 5.75 Å². The van der Waals surface area contributed by atoms with Crippen LogP contribution in [-0.2, 0) is 0 Å². The van der Waals surface area contributed by atoms with E-state index < -0.39 is 0 Å². The van der Waals surface area contributed by atoms with Gasteiger partial charge in [-0.1, -0.05) is 6.07 Å². The standard InChI is InChI=1S/C14H11Br2NO2S/c1-19-13-7-12(10(15)6-11(13)16)17-14(18)8-3-2-4-9(20)5-8/h2-7,20H,1H3,(H,17,18). The molecule has 104 valence electrons. The molecular formula is C14H11Br2NO2S. The summed E-state index contributed by atoms with van der Waals surface area (Å²) in [5.74, 6) is 0.442. The molecule has 0 bridgehead atoms. The second kappa shape index (κ2) is 6.65. The van der Waals surface area contributed by atoms with Crippen LogP contribution in [-0.4, -0.2) is 13.0 Å². The second-order valence-corrected chi connectivity index (χ2v) is 6.20. The van der Waals surface area contributed by atoms with Crippen molar-refractivity contribution >= 4 is 56.1 Å². The summed E-state index contributed by atoms with van der Waals surface area (Å²) in [6.07, 6.45) is 0. The predicted molar refractivity (Wildman–Crippen MR) is 90.0 cm³/mol. The number of hydrogen-bond donors (Lipinski definition) is 2. The predicted octanol–water partition coefficient (Wildman–Crippen LogP) is 4.76. The van der Waals surface area contributed by atoms with Gasteiger partial charge in [0.05, 0.1) is 17.3 Å². The molecule has 0 fully saturated rings. The molecule has 0 saturated heterocycles. The Hall–Kier alpha value is -0.980. The van der Waals surface area contributed by atoms with E-state index in [9.17, 15) is 4.79 Å². The van der Waals surface area contributed by atoms with Gasteiger partial charge in [-0.25, -0.2) is 0 Å². The molecular weight excluding hydrogens is 406 g/mol. The summed E-state index contributed by atoms with van der Waals surface area (Å²) in [6.45, 7) is 0. The van der Waals surface area contributed by atoms with Gasteiger partial charge in [0, 0.05) is 21.0 Å². The Morgan fingerprint density at radius 1 is 1.20 bits per heavy atom. The number of carbonyl (C=O) groups is 1. The third-order valence-corrected chi connectivity index (χ3v) is 4.15. The van der Waals surface area contributed by atoms with E-state index >= 15 is 0 Å². The highest BCUT2D eigenvalue weighted by Crippen LogP contribution is 2.34. The van der Waals surface area contributed by atoms with E-state index in [1.807, 2.05) is 12.1 Å². The number of rotatable bonds is 3. The Morgan fingerprint density at radius 3 is 2.60 bits per heavy atom. The van der Waals surface area contributed by atoms with Crippen molar-refractivity contribution < 1.29 is 9.53 Å². The number of hydrogen-bond acceptors (Lipinski definition) is 3. The zero-order valence-corrected chi connectivity index (χ0v) is 14.6. The van der Waals surface area contributed by atoms with Crippen LogP contribution >= 0.6 is 44.5 Å². The highest BCUT2D eigenvalue weighted by molar-refractivity contribution is 9.11. The lowest BCUT2D eigenvalue weighted by Crippen LogP contribution is -2.12. The average molecular weight is 417 g/mol. The lowest BCUT2D eigenvalue weighted by atomic mass is 10.2. The number of thiol groups is 1. The molecule has 2 aromatic rings. The molecule has 0 radical (unpaired) electrons. The van der Waals surface area contributed by atoms with Crippen molar-refractivity contribution in [2.45, 2.75) is 4.90 Å². The van der Waals surface area contributed by atoms with Crippen molar-refractivity contribution in [1.82, 2.24) is 0 Å². The first kappa shape index (κ1) is 15.4. The Balaban J connectivity index is 2.28. The van der Waals surface area contributed by atoms with Crippen LogP contribution in [0, 0.1) is 0 Å². The third kappa shape index (κ3) is 3.56. The maximum absolute atomic E-state index is 12.2. The molecule has 0 unspecified atom stereocenters. The van der Waals surface area contributed by atoms with Crippen molar-refractivity contribution in [3.8, 4) is 5.75 Å². The molecule has 0 aliphatic carbocycles. The topological polar surface area (TPSA) is 38.3 Å². The summed E-state index contributed by atoms with van der Waals surface area (Å²) in [7, 11) is 1.57. The van der Waals surface area contributed by atoms with Gasteiger partial charge in [-0.3, -0.25) is 4.79 Å². The molecule has 2 aromatic carbocycles. The monoisotopic (exact) mass is 415 g/mol. The summed E-state index contributed by atoms with van der Waals surface area (Å²) in [6, 6.07) is 10.6. The Kier molecular flexibility index (Phi) is 5.12. The fraction of sp³-hybridized carbons (Fsp3) is 0.0714. The van der Waals surface area contributed by atoms with Gasteiger partial charge in [-0.2, -0.15) is 0 Å². The molecule has 1 N–H and O–H groups in total. The minimum atomic E-state index is -0.203. The first-order valence-electron chi connectivity index (χ1n) is 5.64. The minimum absolute atomic E-state index is 0.203. The number of methoxy groups -OCH3 is 1. The lowest BCUT2D eigenvalue weighted by molar-refractivity contribution is 0.102. The van der Waals surface area contributed by atoms with Crippen molar-refractivity contribution in [3.05, 3.63) is 50.9 Å². The summed E-state index contributed by atoms with van der Waals surface area (Å²) in [4.78, 5) is 12.9. The van der Waals surface area contributed by atoms with Crippen LogP contribution in [0.15, 0.2) is 50.2 Å². The van der Waals surface area contributed by atoms with Gasteiger partial charge < -0.3 is 10.1 Å². The molecule has 2 rings (SSSR count). The number of amides is 1. The van der Waals surface area contributed by atoms with Crippen LogP contribution in [0.3, 0.4) is 0 Å². The Bertz CT molecular complexity index is 662. The molecule has 1 amide bonds.